The zero-order chi connectivity index (χ0) is 22.8. The van der Waals surface area contributed by atoms with Crippen LogP contribution in [0.5, 0.6) is 11.5 Å². The van der Waals surface area contributed by atoms with Gasteiger partial charge in [-0.25, -0.2) is 5.43 Å². The first-order valence-electron chi connectivity index (χ1n) is 9.98. The maximum absolute atomic E-state index is 12.1. The van der Waals surface area contributed by atoms with E-state index in [0.717, 1.165) is 17.7 Å². The summed E-state index contributed by atoms with van der Waals surface area (Å²) >= 11 is 11.9. The summed E-state index contributed by atoms with van der Waals surface area (Å²) in [7, 11) is 3.73. The van der Waals surface area contributed by atoms with Crippen LogP contribution in [-0.4, -0.2) is 38.4 Å². The molecule has 2 aromatic carbocycles. The van der Waals surface area contributed by atoms with E-state index < -0.39 is 5.91 Å². The second-order valence-electron chi connectivity index (χ2n) is 8.29. The summed E-state index contributed by atoms with van der Waals surface area (Å²) in [6.45, 7) is 6.48. The van der Waals surface area contributed by atoms with Gasteiger partial charge in [0, 0.05) is 34.9 Å². The van der Waals surface area contributed by atoms with Crippen molar-refractivity contribution in [2.75, 3.05) is 25.7 Å². The van der Waals surface area contributed by atoms with Crippen molar-refractivity contribution < 1.29 is 14.3 Å². The molecule has 0 fully saturated rings. The van der Waals surface area contributed by atoms with Crippen molar-refractivity contribution >= 4 is 41.0 Å². The van der Waals surface area contributed by atoms with Gasteiger partial charge in [0.05, 0.1) is 18.3 Å². The number of hydrogen-bond donors (Lipinski definition) is 1. The third-order valence-electron chi connectivity index (χ3n) is 5.63. The van der Waals surface area contributed by atoms with E-state index in [0.29, 0.717) is 27.5 Å². The molecule has 1 unspecified atom stereocenters. The van der Waals surface area contributed by atoms with Crippen LogP contribution in [0.3, 0.4) is 0 Å². The summed E-state index contributed by atoms with van der Waals surface area (Å²) in [6.07, 6.45) is 2.62. The van der Waals surface area contributed by atoms with E-state index in [2.05, 4.69) is 49.3 Å². The van der Waals surface area contributed by atoms with Crippen LogP contribution in [0.2, 0.25) is 10.0 Å². The van der Waals surface area contributed by atoms with Gasteiger partial charge >= 0.3 is 0 Å². The second-order valence-corrected chi connectivity index (χ2v) is 9.13. The highest BCUT2D eigenvalue weighted by molar-refractivity contribution is 6.35. The molecule has 0 radical (unpaired) electrons. The maximum atomic E-state index is 12.1. The molecule has 0 saturated carbocycles. The van der Waals surface area contributed by atoms with Crippen LogP contribution >= 0.6 is 23.2 Å². The van der Waals surface area contributed by atoms with Gasteiger partial charge in [0.2, 0.25) is 0 Å². The van der Waals surface area contributed by atoms with Crippen molar-refractivity contribution in [2.24, 2.45) is 5.10 Å². The van der Waals surface area contributed by atoms with Crippen molar-refractivity contribution in [2.45, 2.75) is 38.6 Å². The lowest BCUT2D eigenvalue weighted by molar-refractivity contribution is -0.123. The van der Waals surface area contributed by atoms with E-state index in [1.165, 1.54) is 5.56 Å². The molecule has 166 valence electrons. The van der Waals surface area contributed by atoms with Crippen LogP contribution in [-0.2, 0) is 4.79 Å². The topological polar surface area (TPSA) is 63.2 Å². The summed E-state index contributed by atoms with van der Waals surface area (Å²) in [5, 5.41) is 4.90. The van der Waals surface area contributed by atoms with Gasteiger partial charge < -0.3 is 14.4 Å². The van der Waals surface area contributed by atoms with Crippen LogP contribution < -0.4 is 19.8 Å². The van der Waals surface area contributed by atoms with Gasteiger partial charge in [-0.2, -0.15) is 5.10 Å². The van der Waals surface area contributed by atoms with E-state index in [1.807, 2.05) is 6.07 Å². The first kappa shape index (κ1) is 23.2. The number of fused-ring (bicyclic) bond motifs is 1. The van der Waals surface area contributed by atoms with Crippen LogP contribution in [0, 0.1) is 0 Å². The predicted molar refractivity (Wildman–Crippen MR) is 126 cm³/mol. The summed E-state index contributed by atoms with van der Waals surface area (Å²) in [5.74, 6) is 1.06. The van der Waals surface area contributed by atoms with Crippen molar-refractivity contribution in [3.05, 3.63) is 51.5 Å². The monoisotopic (exact) mass is 463 g/mol. The third-order valence-corrected chi connectivity index (χ3v) is 6.16. The fourth-order valence-electron chi connectivity index (χ4n) is 3.83. The average Bonchev–Trinajstić information content (AvgIpc) is 2.71. The lowest BCUT2D eigenvalue weighted by Gasteiger charge is -2.45. The number of nitrogens with one attached hydrogen (secondary N) is 1. The molecule has 1 aliphatic rings. The zero-order valence-corrected chi connectivity index (χ0v) is 19.8. The molecule has 3 rings (SSSR count). The number of benzene rings is 2. The molecular weight excluding hydrogens is 437 g/mol. The molecule has 1 heterocycles. The Morgan fingerprint density at radius 3 is 2.71 bits per heavy atom. The van der Waals surface area contributed by atoms with Gasteiger partial charge in [0.25, 0.3) is 5.91 Å². The van der Waals surface area contributed by atoms with Gasteiger partial charge in [-0.05, 0) is 56.0 Å². The van der Waals surface area contributed by atoms with E-state index >= 15 is 0 Å². The summed E-state index contributed by atoms with van der Waals surface area (Å²) in [6, 6.07) is 8.90. The van der Waals surface area contributed by atoms with E-state index in [-0.39, 0.29) is 12.1 Å². The van der Waals surface area contributed by atoms with E-state index in [1.54, 1.807) is 31.5 Å². The maximum Gasteiger partial charge on any atom is 0.277 e. The largest absolute Gasteiger partial charge is 0.496 e. The van der Waals surface area contributed by atoms with Crippen molar-refractivity contribution in [1.29, 1.82) is 0 Å². The molecule has 0 bridgehead atoms. The molecule has 1 N–H and O–H groups in total. The molecule has 1 atom stereocenters. The number of halogens is 2. The molecule has 31 heavy (non-hydrogen) atoms. The minimum Gasteiger partial charge on any atom is -0.496 e. The Kier molecular flexibility index (Phi) is 7.02. The normalized spacial score (nSPS) is 17.4. The third kappa shape index (κ3) is 5.25. The number of anilines is 1. The van der Waals surface area contributed by atoms with Crippen LogP contribution in [0.4, 0.5) is 5.69 Å². The minimum atomic E-state index is -0.408. The summed E-state index contributed by atoms with van der Waals surface area (Å²) in [4.78, 5) is 14.4. The fourth-order valence-corrected chi connectivity index (χ4v) is 4.29. The first-order valence-corrected chi connectivity index (χ1v) is 10.7. The number of methoxy groups -OCH3 is 1. The molecule has 6 nitrogen and oxygen atoms in total. The summed E-state index contributed by atoms with van der Waals surface area (Å²) < 4.78 is 11.0. The van der Waals surface area contributed by atoms with Gasteiger partial charge in [0.15, 0.2) is 6.61 Å². The molecule has 1 aliphatic heterocycles. The van der Waals surface area contributed by atoms with Crippen LogP contribution in [0.15, 0.2) is 35.4 Å². The van der Waals surface area contributed by atoms with E-state index in [4.69, 9.17) is 32.7 Å². The van der Waals surface area contributed by atoms with Crippen molar-refractivity contribution in [3.63, 3.8) is 0 Å². The number of nitrogens with zero attached hydrogens (tertiary/aromatic N) is 2. The Morgan fingerprint density at radius 2 is 2.03 bits per heavy atom. The zero-order valence-electron chi connectivity index (χ0n) is 18.3. The molecule has 8 heteroatoms. The Bertz CT molecular complexity index is 1010. The van der Waals surface area contributed by atoms with Crippen molar-refractivity contribution in [1.82, 2.24) is 5.43 Å². The molecular formula is C23H27Cl2N3O3. The van der Waals surface area contributed by atoms with Gasteiger partial charge in [-0.15, -0.1) is 0 Å². The highest BCUT2D eigenvalue weighted by atomic mass is 35.5. The number of carbonyl (C=O) groups is 1. The van der Waals surface area contributed by atoms with Gasteiger partial charge in [-0.1, -0.05) is 30.1 Å². The molecule has 0 saturated heterocycles. The average molecular weight is 464 g/mol. The number of hydrazone groups is 1. The highest BCUT2D eigenvalue weighted by Gasteiger charge is 2.34. The Labute approximate surface area is 193 Å². The lowest BCUT2D eigenvalue weighted by atomic mass is 9.80. The molecule has 0 spiro atoms. The fraction of sp³-hybridized carbons (Fsp3) is 0.391. The Morgan fingerprint density at radius 1 is 1.29 bits per heavy atom. The number of ether oxygens (including phenoxy) is 2. The molecule has 0 aliphatic carbocycles. The lowest BCUT2D eigenvalue weighted by Crippen LogP contribution is -2.45. The molecule has 1 amide bonds. The van der Waals surface area contributed by atoms with Crippen LogP contribution in [0.1, 0.15) is 44.2 Å². The predicted octanol–water partition coefficient (Wildman–Crippen LogP) is 5.25. The highest BCUT2D eigenvalue weighted by Crippen LogP contribution is 2.44. The summed E-state index contributed by atoms with van der Waals surface area (Å²) in [5.41, 5.74) is 5.71. The Balaban J connectivity index is 1.69. The molecule has 0 aromatic heterocycles. The van der Waals surface area contributed by atoms with E-state index in [9.17, 15) is 4.79 Å². The number of rotatable bonds is 6. The van der Waals surface area contributed by atoms with Crippen LogP contribution in [0.25, 0.3) is 0 Å². The number of carbonyl (C=O) groups excluding carboxylic acids is 1. The smallest absolute Gasteiger partial charge is 0.277 e. The number of hydrogen-bond acceptors (Lipinski definition) is 5. The van der Waals surface area contributed by atoms with Gasteiger partial charge in [-0.3, -0.25) is 4.79 Å². The quantitative estimate of drug-likeness (QED) is 0.469. The van der Waals surface area contributed by atoms with Crippen molar-refractivity contribution in [3.8, 4) is 11.5 Å². The first-order chi connectivity index (χ1) is 14.6. The SMILES string of the molecule is COc1cc2c(cc1/C=N/NC(=O)COc1ccc(Cl)cc1Cl)C(C)CC(C)(C)N2C. The standard InChI is InChI=1S/C23H27Cl2N3O3/c1-14-11-23(2,3)28(4)19-10-21(30-5)15(8-17(14)19)12-26-27-22(29)13-31-20-7-6-16(24)9-18(20)25/h6-10,12,14H,11,13H2,1-5H3,(H,27,29)/b26-12+. The second kappa shape index (κ2) is 9.37. The molecule has 2 aromatic rings. The Hall–Kier alpha value is -2.44. The van der Waals surface area contributed by atoms with Gasteiger partial charge in [0.1, 0.15) is 11.5 Å². The minimum absolute atomic E-state index is 0.0635. The number of amides is 1.